The number of hydrogen-bond acceptors (Lipinski definition) is 4. The summed E-state index contributed by atoms with van der Waals surface area (Å²) in [5.74, 6) is 2.49. The third-order valence-corrected chi connectivity index (χ3v) is 5.61. The third-order valence-electron chi connectivity index (χ3n) is 5.61. The maximum Gasteiger partial charge on any atom is 0.188 e. The van der Waals surface area contributed by atoms with Crippen molar-refractivity contribution in [1.29, 1.82) is 0 Å². The first-order valence-electron chi connectivity index (χ1n) is 10.4. The second-order valence-electron chi connectivity index (χ2n) is 7.48. The van der Waals surface area contributed by atoms with Crippen LogP contribution in [0.1, 0.15) is 50.2 Å². The molecule has 4 nitrogen and oxygen atoms in total. The van der Waals surface area contributed by atoms with E-state index >= 15 is 0 Å². The van der Waals surface area contributed by atoms with Crippen molar-refractivity contribution < 1.29 is 18.9 Å². The summed E-state index contributed by atoms with van der Waals surface area (Å²) in [7, 11) is 3.26. The molecule has 2 aromatic carbocycles. The molecule has 1 fully saturated rings. The molecule has 0 atom stereocenters. The summed E-state index contributed by atoms with van der Waals surface area (Å²) in [5.41, 5.74) is 5.34. The van der Waals surface area contributed by atoms with E-state index in [0.29, 0.717) is 0 Å². The van der Waals surface area contributed by atoms with Gasteiger partial charge in [0.2, 0.25) is 0 Å². The third kappa shape index (κ3) is 5.84. The average Bonchev–Trinajstić information content (AvgIpc) is 2.78. The van der Waals surface area contributed by atoms with Crippen molar-refractivity contribution in [2.45, 2.75) is 39.0 Å². The van der Waals surface area contributed by atoms with Gasteiger partial charge in [0.1, 0.15) is 11.5 Å². The maximum absolute atomic E-state index is 5.56. The predicted octanol–water partition coefficient (Wildman–Crippen LogP) is 6.05. The van der Waals surface area contributed by atoms with Gasteiger partial charge in [-0.05, 0) is 72.6 Å². The average molecular weight is 397 g/mol. The van der Waals surface area contributed by atoms with E-state index in [1.165, 1.54) is 36.0 Å². The van der Waals surface area contributed by atoms with Crippen molar-refractivity contribution in [3.63, 3.8) is 0 Å². The first-order valence-corrected chi connectivity index (χ1v) is 10.4. The van der Waals surface area contributed by atoms with Crippen LogP contribution < -0.4 is 9.47 Å². The zero-order valence-corrected chi connectivity index (χ0v) is 17.8. The summed E-state index contributed by atoms with van der Waals surface area (Å²) in [6.45, 7) is 2.82. The van der Waals surface area contributed by atoms with E-state index in [-0.39, 0.29) is 13.6 Å². The predicted molar refractivity (Wildman–Crippen MR) is 116 cm³/mol. The quantitative estimate of drug-likeness (QED) is 0.483. The molecule has 2 aromatic rings. The lowest BCUT2D eigenvalue weighted by molar-refractivity contribution is 0.0509. The number of benzene rings is 2. The van der Waals surface area contributed by atoms with Crippen molar-refractivity contribution in [1.82, 2.24) is 0 Å². The van der Waals surface area contributed by atoms with Gasteiger partial charge in [0.05, 0.1) is 0 Å². The number of hydrogen-bond donors (Lipinski definition) is 0. The van der Waals surface area contributed by atoms with Gasteiger partial charge < -0.3 is 18.9 Å². The van der Waals surface area contributed by atoms with Gasteiger partial charge in [-0.25, -0.2) is 0 Å². The number of rotatable bonds is 9. The van der Waals surface area contributed by atoms with Crippen molar-refractivity contribution in [3.05, 3.63) is 65.2 Å². The molecule has 0 radical (unpaired) electrons. The van der Waals surface area contributed by atoms with E-state index in [1.807, 2.05) is 24.3 Å². The van der Waals surface area contributed by atoms with E-state index in [2.05, 4.69) is 31.2 Å². The molecule has 0 bridgehead atoms. The highest BCUT2D eigenvalue weighted by Gasteiger charge is 2.20. The largest absolute Gasteiger partial charge is 0.468 e. The Hall–Kier alpha value is -2.30. The van der Waals surface area contributed by atoms with E-state index in [9.17, 15) is 0 Å². The molecule has 29 heavy (non-hydrogen) atoms. The van der Waals surface area contributed by atoms with Gasteiger partial charge in [-0.2, -0.15) is 0 Å². The molecule has 156 valence electrons. The lowest BCUT2D eigenvalue weighted by atomic mass is 9.80. The zero-order valence-electron chi connectivity index (χ0n) is 17.8. The van der Waals surface area contributed by atoms with E-state index in [4.69, 9.17) is 18.9 Å². The van der Waals surface area contributed by atoms with Gasteiger partial charge in [0.25, 0.3) is 0 Å². The highest BCUT2D eigenvalue weighted by molar-refractivity contribution is 5.82. The summed E-state index contributed by atoms with van der Waals surface area (Å²) < 4.78 is 21.1. The van der Waals surface area contributed by atoms with E-state index < -0.39 is 0 Å². The Labute approximate surface area is 174 Å². The molecule has 1 aliphatic carbocycles. The molecule has 0 aromatic heterocycles. The molecule has 0 spiro atoms. The molecule has 0 saturated heterocycles. The van der Waals surface area contributed by atoms with Crippen LogP contribution in [0.3, 0.4) is 0 Å². The molecule has 0 unspecified atom stereocenters. The fourth-order valence-corrected chi connectivity index (χ4v) is 3.95. The fraction of sp³-hybridized carbons (Fsp3) is 0.440. The summed E-state index contributed by atoms with van der Waals surface area (Å²) >= 11 is 0. The molecule has 4 heteroatoms. The normalized spacial score (nSPS) is 16.5. The Bertz CT molecular complexity index is 714. The van der Waals surface area contributed by atoms with Crippen molar-refractivity contribution in [3.8, 4) is 11.5 Å². The SMILES string of the molecule is CCC1CCC(=C(c2ccc(OCOC)cc2)c2ccc(OCOC)cc2)CC1. The maximum atomic E-state index is 5.56. The van der Waals surface area contributed by atoms with Crippen LogP contribution in [0.5, 0.6) is 11.5 Å². The van der Waals surface area contributed by atoms with Gasteiger partial charge in [0, 0.05) is 14.2 Å². The first-order chi connectivity index (χ1) is 14.2. The minimum absolute atomic E-state index is 0.259. The minimum atomic E-state index is 0.259. The molecule has 0 amide bonds. The summed E-state index contributed by atoms with van der Waals surface area (Å²) in [4.78, 5) is 0. The van der Waals surface area contributed by atoms with Crippen LogP contribution in [0.2, 0.25) is 0 Å². The van der Waals surface area contributed by atoms with Gasteiger partial charge >= 0.3 is 0 Å². The lowest BCUT2D eigenvalue weighted by Gasteiger charge is -2.26. The Kier molecular flexibility index (Phi) is 8.14. The van der Waals surface area contributed by atoms with E-state index in [1.54, 1.807) is 19.8 Å². The molecular weight excluding hydrogens is 364 g/mol. The number of allylic oxidation sites excluding steroid dienone is 1. The van der Waals surface area contributed by atoms with Gasteiger partial charge in [-0.3, -0.25) is 0 Å². The Morgan fingerprint density at radius 1 is 0.759 bits per heavy atom. The molecule has 0 N–H and O–H groups in total. The van der Waals surface area contributed by atoms with Crippen LogP contribution in [0, 0.1) is 5.92 Å². The second kappa shape index (κ2) is 11.0. The number of methoxy groups -OCH3 is 2. The molecule has 1 aliphatic rings. The Morgan fingerprint density at radius 3 is 1.59 bits per heavy atom. The molecular formula is C25H32O4. The van der Waals surface area contributed by atoms with Crippen molar-refractivity contribution in [2.75, 3.05) is 27.8 Å². The lowest BCUT2D eigenvalue weighted by Crippen LogP contribution is -2.09. The molecule has 1 saturated carbocycles. The van der Waals surface area contributed by atoms with Crippen LogP contribution in [0.4, 0.5) is 0 Å². The zero-order chi connectivity index (χ0) is 20.5. The molecule has 0 aliphatic heterocycles. The van der Waals surface area contributed by atoms with Gasteiger partial charge in [0.15, 0.2) is 13.6 Å². The van der Waals surface area contributed by atoms with Crippen LogP contribution in [0.25, 0.3) is 5.57 Å². The number of ether oxygens (including phenoxy) is 4. The monoisotopic (exact) mass is 396 g/mol. The smallest absolute Gasteiger partial charge is 0.188 e. The van der Waals surface area contributed by atoms with Crippen molar-refractivity contribution in [2.24, 2.45) is 5.92 Å². The second-order valence-corrected chi connectivity index (χ2v) is 7.48. The van der Waals surface area contributed by atoms with Crippen LogP contribution in [-0.4, -0.2) is 27.8 Å². The van der Waals surface area contributed by atoms with E-state index in [0.717, 1.165) is 30.3 Å². The van der Waals surface area contributed by atoms with Crippen LogP contribution in [0.15, 0.2) is 54.1 Å². The molecule has 3 rings (SSSR count). The van der Waals surface area contributed by atoms with Gasteiger partial charge in [-0.1, -0.05) is 43.2 Å². The summed E-state index contributed by atoms with van der Waals surface area (Å²) in [6.07, 6.45) is 6.16. The van der Waals surface area contributed by atoms with Crippen LogP contribution in [-0.2, 0) is 9.47 Å². The standard InChI is InChI=1S/C25H32O4/c1-4-19-5-7-20(8-6-19)25(21-9-13-23(14-10-21)28-17-26-2)22-11-15-24(16-12-22)29-18-27-3/h9-16,19H,4-8,17-18H2,1-3H3. The highest BCUT2D eigenvalue weighted by Crippen LogP contribution is 2.38. The van der Waals surface area contributed by atoms with Crippen molar-refractivity contribution >= 4 is 5.57 Å². The fourth-order valence-electron chi connectivity index (χ4n) is 3.95. The summed E-state index contributed by atoms with van der Waals surface area (Å²) in [5, 5.41) is 0. The van der Waals surface area contributed by atoms with Gasteiger partial charge in [-0.15, -0.1) is 0 Å². The Balaban J connectivity index is 1.90. The van der Waals surface area contributed by atoms with Crippen LogP contribution >= 0.6 is 0 Å². The topological polar surface area (TPSA) is 36.9 Å². The highest BCUT2D eigenvalue weighted by atomic mass is 16.7. The Morgan fingerprint density at radius 2 is 1.21 bits per heavy atom. The molecule has 0 heterocycles. The summed E-state index contributed by atoms with van der Waals surface area (Å²) in [6, 6.07) is 16.7. The minimum Gasteiger partial charge on any atom is -0.468 e. The first kappa shape index (κ1) is 21.4.